The second-order valence-electron chi connectivity index (χ2n) is 4.00. The highest BCUT2D eigenvalue weighted by Crippen LogP contribution is 2.21. The molecule has 1 saturated heterocycles. The van der Waals surface area contributed by atoms with E-state index in [-0.39, 0.29) is 5.82 Å². The maximum atomic E-state index is 13.0. The van der Waals surface area contributed by atoms with E-state index in [1.165, 1.54) is 12.1 Å². The fourth-order valence-corrected chi connectivity index (χ4v) is 1.99. The van der Waals surface area contributed by atoms with Gasteiger partial charge in [0.25, 0.3) is 0 Å². The molecule has 0 saturated carbocycles. The Balaban J connectivity index is 1.79. The number of anilines is 1. The second-order valence-corrected chi connectivity index (χ2v) is 4.41. The maximum Gasteiger partial charge on any atom is 0.125 e. The van der Waals surface area contributed by atoms with Gasteiger partial charge in [0.05, 0.1) is 23.9 Å². The van der Waals surface area contributed by atoms with Crippen LogP contribution in [0.4, 0.5) is 10.1 Å². The summed E-state index contributed by atoms with van der Waals surface area (Å²) in [7, 11) is 0. The molecule has 1 heterocycles. The van der Waals surface area contributed by atoms with Gasteiger partial charge in [-0.15, -0.1) is 0 Å². The van der Waals surface area contributed by atoms with E-state index in [4.69, 9.17) is 16.3 Å². The molecule has 0 spiro atoms. The Bertz CT molecular complexity index is 370. The Morgan fingerprint density at radius 3 is 2.88 bits per heavy atom. The van der Waals surface area contributed by atoms with Gasteiger partial charge in [0, 0.05) is 26.2 Å². The van der Waals surface area contributed by atoms with Gasteiger partial charge < -0.3 is 10.1 Å². The third-order valence-corrected chi connectivity index (χ3v) is 3.11. The number of hydrogen-bond donors (Lipinski definition) is 1. The third kappa shape index (κ3) is 3.84. The molecule has 0 aromatic heterocycles. The summed E-state index contributed by atoms with van der Waals surface area (Å²) in [6.07, 6.45) is 0. The maximum absolute atomic E-state index is 13.0. The molecule has 1 fully saturated rings. The molecule has 0 radical (unpaired) electrons. The molecule has 0 amide bonds. The van der Waals surface area contributed by atoms with Crippen molar-refractivity contribution in [1.82, 2.24) is 4.90 Å². The minimum Gasteiger partial charge on any atom is -0.382 e. The van der Waals surface area contributed by atoms with Crippen molar-refractivity contribution in [1.29, 1.82) is 0 Å². The zero-order chi connectivity index (χ0) is 12.1. The zero-order valence-electron chi connectivity index (χ0n) is 9.59. The van der Waals surface area contributed by atoms with E-state index in [1.807, 2.05) is 0 Å². The van der Waals surface area contributed by atoms with E-state index >= 15 is 0 Å². The fraction of sp³-hybridized carbons (Fsp3) is 0.500. The van der Waals surface area contributed by atoms with Crippen LogP contribution in [0.1, 0.15) is 0 Å². The molecular weight excluding hydrogens is 243 g/mol. The van der Waals surface area contributed by atoms with E-state index < -0.39 is 0 Å². The Hall–Kier alpha value is -0.840. The van der Waals surface area contributed by atoms with E-state index in [0.717, 1.165) is 39.4 Å². The molecule has 1 aromatic rings. The Morgan fingerprint density at radius 2 is 2.12 bits per heavy atom. The van der Waals surface area contributed by atoms with Crippen LogP contribution >= 0.6 is 11.6 Å². The zero-order valence-corrected chi connectivity index (χ0v) is 10.3. The van der Waals surface area contributed by atoms with Crippen molar-refractivity contribution < 1.29 is 9.13 Å². The summed E-state index contributed by atoms with van der Waals surface area (Å²) in [5.74, 6) is -0.275. The van der Waals surface area contributed by atoms with Crippen LogP contribution in [-0.4, -0.2) is 44.3 Å². The summed E-state index contributed by atoms with van der Waals surface area (Å²) in [5, 5.41) is 3.70. The molecule has 2 rings (SSSR count). The average molecular weight is 259 g/mol. The number of nitrogens with zero attached hydrogens (tertiary/aromatic N) is 1. The van der Waals surface area contributed by atoms with E-state index in [9.17, 15) is 4.39 Å². The largest absolute Gasteiger partial charge is 0.382 e. The second kappa shape index (κ2) is 6.19. The lowest BCUT2D eigenvalue weighted by Crippen LogP contribution is -2.39. The van der Waals surface area contributed by atoms with Gasteiger partial charge >= 0.3 is 0 Å². The predicted octanol–water partition coefficient (Wildman–Crippen LogP) is 2.22. The summed E-state index contributed by atoms with van der Waals surface area (Å²) in [6.45, 7) is 5.16. The minimum absolute atomic E-state index is 0.275. The number of hydrogen-bond acceptors (Lipinski definition) is 3. The third-order valence-electron chi connectivity index (χ3n) is 2.78. The lowest BCUT2D eigenvalue weighted by Gasteiger charge is -2.26. The van der Waals surface area contributed by atoms with E-state index in [0.29, 0.717) is 10.7 Å². The molecule has 1 N–H and O–H groups in total. The molecule has 0 atom stereocenters. The molecule has 1 aromatic carbocycles. The first-order chi connectivity index (χ1) is 8.25. The van der Waals surface area contributed by atoms with Crippen LogP contribution in [0.15, 0.2) is 18.2 Å². The first kappa shape index (κ1) is 12.6. The minimum atomic E-state index is -0.275. The Morgan fingerprint density at radius 1 is 1.35 bits per heavy atom. The van der Waals surface area contributed by atoms with Crippen molar-refractivity contribution in [2.75, 3.05) is 44.7 Å². The van der Waals surface area contributed by atoms with Gasteiger partial charge in [0.1, 0.15) is 5.82 Å². The summed E-state index contributed by atoms with van der Waals surface area (Å²) < 4.78 is 18.3. The quantitative estimate of drug-likeness (QED) is 0.896. The van der Waals surface area contributed by atoms with Crippen molar-refractivity contribution in [2.24, 2.45) is 0 Å². The average Bonchev–Trinajstić information content (AvgIpc) is 2.35. The topological polar surface area (TPSA) is 24.5 Å². The van der Waals surface area contributed by atoms with Crippen molar-refractivity contribution >= 4 is 17.3 Å². The molecule has 1 aliphatic heterocycles. The summed E-state index contributed by atoms with van der Waals surface area (Å²) >= 11 is 5.95. The van der Waals surface area contributed by atoms with E-state index in [1.54, 1.807) is 6.07 Å². The van der Waals surface area contributed by atoms with Crippen LogP contribution < -0.4 is 5.32 Å². The summed E-state index contributed by atoms with van der Waals surface area (Å²) in [5.41, 5.74) is 0.653. The smallest absolute Gasteiger partial charge is 0.125 e. The van der Waals surface area contributed by atoms with E-state index in [2.05, 4.69) is 10.2 Å². The van der Waals surface area contributed by atoms with Crippen LogP contribution in [0.25, 0.3) is 0 Å². The number of nitrogens with one attached hydrogen (secondary N) is 1. The number of ether oxygens (including phenoxy) is 1. The van der Waals surface area contributed by atoms with Crippen molar-refractivity contribution in [3.05, 3.63) is 29.0 Å². The number of halogens is 2. The first-order valence-electron chi connectivity index (χ1n) is 5.75. The molecule has 0 unspecified atom stereocenters. The van der Waals surface area contributed by atoms with Crippen molar-refractivity contribution in [3.8, 4) is 0 Å². The lowest BCUT2D eigenvalue weighted by molar-refractivity contribution is 0.0398. The molecule has 5 heteroatoms. The lowest BCUT2D eigenvalue weighted by atomic mass is 10.3. The SMILES string of the molecule is Fc1ccc(Cl)c(NCCN2CCOCC2)c1. The predicted molar refractivity (Wildman–Crippen MR) is 67.2 cm³/mol. The van der Waals surface area contributed by atoms with Crippen molar-refractivity contribution in [2.45, 2.75) is 0 Å². The summed E-state index contributed by atoms with van der Waals surface area (Å²) in [4.78, 5) is 2.31. The Labute approximate surface area is 106 Å². The molecule has 3 nitrogen and oxygen atoms in total. The number of benzene rings is 1. The number of morpholine rings is 1. The van der Waals surface area contributed by atoms with Gasteiger partial charge in [-0.3, -0.25) is 4.90 Å². The van der Waals surface area contributed by atoms with Crippen molar-refractivity contribution in [3.63, 3.8) is 0 Å². The normalized spacial score (nSPS) is 17.1. The number of rotatable bonds is 4. The molecular formula is C12H16ClFN2O. The van der Waals surface area contributed by atoms with Gasteiger partial charge in [0.15, 0.2) is 0 Å². The molecule has 1 aliphatic rings. The highest BCUT2D eigenvalue weighted by Gasteiger charge is 2.09. The Kier molecular flexibility index (Phi) is 4.59. The fourth-order valence-electron chi connectivity index (χ4n) is 1.81. The highest BCUT2D eigenvalue weighted by atomic mass is 35.5. The molecule has 0 aliphatic carbocycles. The van der Waals surface area contributed by atoms with Crippen LogP contribution in [0.2, 0.25) is 5.02 Å². The molecule has 94 valence electrons. The van der Waals surface area contributed by atoms with Crippen LogP contribution in [0.5, 0.6) is 0 Å². The molecule has 17 heavy (non-hydrogen) atoms. The standard InChI is InChI=1S/C12H16ClFN2O/c13-11-2-1-10(14)9-12(11)15-3-4-16-5-7-17-8-6-16/h1-2,9,15H,3-8H2. The highest BCUT2D eigenvalue weighted by molar-refractivity contribution is 6.33. The van der Waals surface area contributed by atoms with Crippen LogP contribution in [0, 0.1) is 5.82 Å². The monoisotopic (exact) mass is 258 g/mol. The van der Waals surface area contributed by atoms with Crippen LogP contribution in [0.3, 0.4) is 0 Å². The first-order valence-corrected chi connectivity index (χ1v) is 6.12. The van der Waals surface area contributed by atoms with Gasteiger partial charge in [0.2, 0.25) is 0 Å². The van der Waals surface area contributed by atoms with Gasteiger partial charge in [-0.1, -0.05) is 11.6 Å². The van der Waals surface area contributed by atoms with Crippen LogP contribution in [-0.2, 0) is 4.74 Å². The van der Waals surface area contributed by atoms with Gasteiger partial charge in [-0.05, 0) is 18.2 Å². The summed E-state index contributed by atoms with van der Waals surface area (Å²) in [6, 6.07) is 4.34. The van der Waals surface area contributed by atoms with Gasteiger partial charge in [-0.2, -0.15) is 0 Å². The molecule has 0 bridgehead atoms. The van der Waals surface area contributed by atoms with Gasteiger partial charge in [-0.25, -0.2) is 4.39 Å².